The predicted molar refractivity (Wildman–Crippen MR) is 114 cm³/mol. The average Bonchev–Trinajstić information content (AvgIpc) is 3.13. The Morgan fingerprint density at radius 2 is 1.87 bits per heavy atom. The summed E-state index contributed by atoms with van der Waals surface area (Å²) < 4.78 is 13.9. The standard InChI is InChI=1S/C19H14FN7O3S/c1-10-2-7-13-14(8-10)31-19(23-13)24-16-15(27(29)30)17(22-9-21-16)25-26-18(28)11-3-5-12(20)6-4-11/h2-9H,1H3,(H,26,28)(H2,21,22,23,24,25). The summed E-state index contributed by atoms with van der Waals surface area (Å²) in [6, 6.07) is 10.6. The van der Waals surface area contributed by atoms with Gasteiger partial charge in [0.05, 0.1) is 15.1 Å². The summed E-state index contributed by atoms with van der Waals surface area (Å²) in [4.78, 5) is 35.4. The van der Waals surface area contributed by atoms with Crippen LogP contribution in [0.15, 0.2) is 48.8 Å². The van der Waals surface area contributed by atoms with E-state index in [0.717, 1.165) is 34.2 Å². The number of halogens is 1. The van der Waals surface area contributed by atoms with Crippen LogP contribution in [0.2, 0.25) is 0 Å². The van der Waals surface area contributed by atoms with Gasteiger partial charge in [0.1, 0.15) is 12.1 Å². The molecule has 0 radical (unpaired) electrons. The minimum absolute atomic E-state index is 0.0886. The fourth-order valence-corrected chi connectivity index (χ4v) is 3.67. The van der Waals surface area contributed by atoms with Crippen LogP contribution in [0, 0.1) is 22.9 Å². The second-order valence-corrected chi connectivity index (χ2v) is 7.41. The van der Waals surface area contributed by atoms with E-state index < -0.39 is 22.3 Å². The lowest BCUT2D eigenvalue weighted by molar-refractivity contribution is -0.383. The summed E-state index contributed by atoms with van der Waals surface area (Å²) in [6.07, 6.45) is 1.11. The molecule has 0 spiro atoms. The molecule has 0 bridgehead atoms. The van der Waals surface area contributed by atoms with Crippen LogP contribution in [-0.2, 0) is 0 Å². The third-order valence-corrected chi connectivity index (χ3v) is 5.11. The van der Waals surface area contributed by atoms with Gasteiger partial charge in [0, 0.05) is 5.56 Å². The molecule has 1 amide bonds. The van der Waals surface area contributed by atoms with Crippen molar-refractivity contribution in [2.24, 2.45) is 0 Å². The lowest BCUT2D eigenvalue weighted by atomic mass is 10.2. The van der Waals surface area contributed by atoms with Gasteiger partial charge in [-0.25, -0.2) is 19.3 Å². The Labute approximate surface area is 178 Å². The van der Waals surface area contributed by atoms with Crippen molar-refractivity contribution < 1.29 is 14.1 Å². The van der Waals surface area contributed by atoms with Crippen molar-refractivity contribution in [3.63, 3.8) is 0 Å². The van der Waals surface area contributed by atoms with E-state index in [9.17, 15) is 19.3 Å². The Kier molecular flexibility index (Phi) is 5.37. The maximum atomic E-state index is 13.0. The van der Waals surface area contributed by atoms with E-state index in [2.05, 4.69) is 31.1 Å². The van der Waals surface area contributed by atoms with Crippen molar-refractivity contribution in [1.82, 2.24) is 20.4 Å². The molecule has 0 unspecified atom stereocenters. The Balaban J connectivity index is 1.57. The number of rotatable bonds is 6. The molecule has 0 fully saturated rings. The Morgan fingerprint density at radius 3 is 2.61 bits per heavy atom. The van der Waals surface area contributed by atoms with Gasteiger partial charge in [0.15, 0.2) is 5.13 Å². The fraction of sp³-hybridized carbons (Fsp3) is 0.0526. The zero-order chi connectivity index (χ0) is 22.0. The number of benzene rings is 2. The normalized spacial score (nSPS) is 10.6. The molecule has 2 heterocycles. The highest BCUT2D eigenvalue weighted by molar-refractivity contribution is 7.22. The van der Waals surface area contributed by atoms with Gasteiger partial charge in [-0.2, -0.15) is 0 Å². The van der Waals surface area contributed by atoms with Gasteiger partial charge in [-0.15, -0.1) is 0 Å². The monoisotopic (exact) mass is 439 g/mol. The number of carbonyl (C=O) groups excluding carboxylic acids is 1. The first-order valence-electron chi connectivity index (χ1n) is 8.86. The highest BCUT2D eigenvalue weighted by Gasteiger charge is 2.24. The van der Waals surface area contributed by atoms with Crippen molar-refractivity contribution in [3.8, 4) is 0 Å². The maximum absolute atomic E-state index is 13.0. The minimum atomic E-state index is -0.674. The third-order valence-electron chi connectivity index (χ3n) is 4.17. The van der Waals surface area contributed by atoms with Crippen molar-refractivity contribution in [2.75, 3.05) is 10.7 Å². The van der Waals surface area contributed by atoms with E-state index in [-0.39, 0.29) is 17.2 Å². The van der Waals surface area contributed by atoms with Crippen LogP contribution in [0.5, 0.6) is 0 Å². The van der Waals surface area contributed by atoms with Gasteiger partial charge >= 0.3 is 5.69 Å². The SMILES string of the molecule is Cc1ccc2nc(Nc3ncnc(NNC(=O)c4ccc(F)cc4)c3[N+](=O)[O-])sc2c1. The molecule has 12 heteroatoms. The van der Waals surface area contributed by atoms with Crippen molar-refractivity contribution in [2.45, 2.75) is 6.92 Å². The molecular weight excluding hydrogens is 425 g/mol. The van der Waals surface area contributed by atoms with Gasteiger partial charge < -0.3 is 5.32 Å². The van der Waals surface area contributed by atoms with Crippen LogP contribution in [-0.4, -0.2) is 25.8 Å². The smallest absolute Gasteiger partial charge is 0.310 e. The number of carbonyl (C=O) groups is 1. The van der Waals surface area contributed by atoms with E-state index >= 15 is 0 Å². The molecule has 0 aliphatic heterocycles. The summed E-state index contributed by atoms with van der Waals surface area (Å²) in [5.74, 6) is -1.43. The van der Waals surface area contributed by atoms with Crippen LogP contribution in [0.25, 0.3) is 10.2 Å². The average molecular weight is 439 g/mol. The molecule has 2 aromatic carbocycles. The summed E-state index contributed by atoms with van der Waals surface area (Å²) in [5, 5.41) is 14.9. The first-order chi connectivity index (χ1) is 14.9. The number of hydrazine groups is 1. The molecule has 2 aromatic heterocycles. The van der Waals surface area contributed by atoms with E-state index in [1.54, 1.807) is 0 Å². The summed E-state index contributed by atoms with van der Waals surface area (Å²) in [5.41, 5.74) is 6.23. The number of nitrogens with zero attached hydrogens (tertiary/aromatic N) is 4. The van der Waals surface area contributed by atoms with Crippen LogP contribution >= 0.6 is 11.3 Å². The summed E-state index contributed by atoms with van der Waals surface area (Å²) >= 11 is 1.32. The number of anilines is 3. The highest BCUT2D eigenvalue weighted by atomic mass is 32.1. The second kappa shape index (κ2) is 8.28. The Morgan fingerprint density at radius 1 is 1.13 bits per heavy atom. The van der Waals surface area contributed by atoms with Crippen molar-refractivity contribution in [1.29, 1.82) is 0 Å². The minimum Gasteiger partial charge on any atom is -0.310 e. The number of aromatic nitrogens is 3. The highest BCUT2D eigenvalue weighted by Crippen LogP contribution is 2.34. The first-order valence-corrected chi connectivity index (χ1v) is 9.68. The molecule has 4 rings (SSSR count). The first kappa shape index (κ1) is 20.1. The number of thiazole rings is 1. The Bertz CT molecular complexity index is 1290. The van der Waals surface area contributed by atoms with Gasteiger partial charge in [-0.05, 0) is 48.9 Å². The zero-order valence-corrected chi connectivity index (χ0v) is 16.7. The number of hydrogen-bond acceptors (Lipinski definition) is 9. The molecule has 0 atom stereocenters. The quantitative estimate of drug-likeness (QED) is 0.304. The zero-order valence-electron chi connectivity index (χ0n) is 15.9. The largest absolute Gasteiger partial charge is 0.355 e. The molecule has 31 heavy (non-hydrogen) atoms. The fourth-order valence-electron chi connectivity index (χ4n) is 2.71. The molecular formula is C19H14FN7O3S. The van der Waals surface area contributed by atoms with Gasteiger partial charge in [-0.3, -0.25) is 25.8 Å². The van der Waals surface area contributed by atoms with Crippen LogP contribution in [0.3, 0.4) is 0 Å². The molecule has 0 saturated carbocycles. The number of aryl methyl sites for hydroxylation is 1. The predicted octanol–water partition coefficient (Wildman–Crippen LogP) is 3.94. The van der Waals surface area contributed by atoms with E-state index in [1.807, 2.05) is 25.1 Å². The number of amides is 1. The van der Waals surface area contributed by atoms with Crippen LogP contribution in [0.4, 0.5) is 26.8 Å². The van der Waals surface area contributed by atoms with Gasteiger partial charge in [0.25, 0.3) is 5.91 Å². The molecule has 3 N–H and O–H groups in total. The number of nitrogens with one attached hydrogen (secondary N) is 3. The van der Waals surface area contributed by atoms with E-state index in [4.69, 9.17) is 0 Å². The third kappa shape index (κ3) is 4.38. The lowest BCUT2D eigenvalue weighted by Gasteiger charge is -2.10. The summed E-state index contributed by atoms with van der Waals surface area (Å²) in [6.45, 7) is 1.96. The Hall–Kier alpha value is -4.19. The molecule has 0 aliphatic carbocycles. The van der Waals surface area contributed by atoms with E-state index in [1.165, 1.54) is 23.5 Å². The number of hydrogen-bond donors (Lipinski definition) is 3. The maximum Gasteiger partial charge on any atom is 0.355 e. The molecule has 4 aromatic rings. The van der Waals surface area contributed by atoms with Gasteiger partial charge in [-0.1, -0.05) is 17.4 Å². The van der Waals surface area contributed by atoms with Crippen LogP contribution in [0.1, 0.15) is 15.9 Å². The molecule has 10 nitrogen and oxygen atoms in total. The van der Waals surface area contributed by atoms with Gasteiger partial charge in [0.2, 0.25) is 11.6 Å². The summed E-state index contributed by atoms with van der Waals surface area (Å²) in [7, 11) is 0. The molecule has 0 saturated heterocycles. The lowest BCUT2D eigenvalue weighted by Crippen LogP contribution is -2.30. The topological polar surface area (TPSA) is 135 Å². The molecule has 156 valence electrons. The number of nitro groups is 1. The second-order valence-electron chi connectivity index (χ2n) is 6.38. The van der Waals surface area contributed by atoms with Crippen molar-refractivity contribution >= 4 is 49.9 Å². The number of fused-ring (bicyclic) bond motifs is 1. The van der Waals surface area contributed by atoms with Crippen LogP contribution < -0.4 is 16.2 Å². The molecule has 0 aliphatic rings. The van der Waals surface area contributed by atoms with E-state index in [0.29, 0.717) is 5.13 Å². The van der Waals surface area contributed by atoms with Crippen molar-refractivity contribution in [3.05, 3.63) is 75.9 Å².